The van der Waals surface area contributed by atoms with Crippen molar-refractivity contribution in [2.45, 2.75) is 22.9 Å². The zero-order valence-electron chi connectivity index (χ0n) is 24.5. The van der Waals surface area contributed by atoms with Crippen LogP contribution in [0.25, 0.3) is 0 Å². The van der Waals surface area contributed by atoms with Gasteiger partial charge in [-0.05, 0) is 47.5 Å². The van der Waals surface area contributed by atoms with Crippen LogP contribution in [0.2, 0.25) is 0 Å². The van der Waals surface area contributed by atoms with Crippen LogP contribution >= 0.6 is 11.8 Å². The molecule has 1 heterocycles. The average Bonchev–Trinajstić information content (AvgIpc) is 3.08. The molecule has 0 amide bonds. The minimum absolute atomic E-state index is 0.0708. The molecule has 1 aliphatic heterocycles. The maximum atomic E-state index is 14.7. The lowest BCUT2D eigenvalue weighted by Crippen LogP contribution is -2.42. The van der Waals surface area contributed by atoms with E-state index in [0.29, 0.717) is 53.1 Å². The van der Waals surface area contributed by atoms with Gasteiger partial charge in [0.25, 0.3) is 0 Å². The Balaban J connectivity index is 1.39. The molecule has 0 saturated carbocycles. The van der Waals surface area contributed by atoms with Gasteiger partial charge in [-0.25, -0.2) is 0 Å². The zero-order valence-corrected chi connectivity index (χ0v) is 25.3. The van der Waals surface area contributed by atoms with Gasteiger partial charge >= 0.3 is 0 Å². The fraction of sp³-hybridized carbons (Fsp3) is 0.162. The third-order valence-electron chi connectivity index (χ3n) is 7.44. The number of carbonyl (C=O) groups is 1. The summed E-state index contributed by atoms with van der Waals surface area (Å²) in [6.45, 7) is 0.784. The molecular formula is C37H32O6S. The Morgan fingerprint density at radius 2 is 1.34 bits per heavy atom. The lowest BCUT2D eigenvalue weighted by Gasteiger charge is -2.37. The van der Waals surface area contributed by atoms with Crippen molar-refractivity contribution in [1.82, 2.24) is 0 Å². The van der Waals surface area contributed by atoms with Crippen LogP contribution in [0, 0.1) is 0 Å². The van der Waals surface area contributed by atoms with Crippen LogP contribution in [-0.4, -0.2) is 26.6 Å². The maximum Gasteiger partial charge on any atom is 0.204 e. The first-order valence-corrected chi connectivity index (χ1v) is 15.1. The van der Waals surface area contributed by atoms with E-state index in [9.17, 15) is 4.79 Å². The molecular weight excluding hydrogens is 572 g/mol. The molecule has 44 heavy (non-hydrogen) atoms. The number of ketones is 1. The van der Waals surface area contributed by atoms with Gasteiger partial charge < -0.3 is 23.7 Å². The first-order chi connectivity index (χ1) is 21.6. The number of benzene rings is 5. The summed E-state index contributed by atoms with van der Waals surface area (Å²) in [6.07, 6.45) is 0. The van der Waals surface area contributed by atoms with Gasteiger partial charge in [0.2, 0.25) is 5.75 Å². The summed E-state index contributed by atoms with van der Waals surface area (Å²) in [6, 6.07) is 38.7. The maximum absolute atomic E-state index is 14.7. The van der Waals surface area contributed by atoms with Crippen LogP contribution in [0.4, 0.5) is 0 Å². The molecule has 1 unspecified atom stereocenters. The molecule has 1 aliphatic rings. The number of thioether (sulfide) groups is 1. The van der Waals surface area contributed by atoms with Crippen molar-refractivity contribution in [2.24, 2.45) is 0 Å². The van der Waals surface area contributed by atoms with E-state index >= 15 is 0 Å². The molecule has 0 radical (unpaired) electrons. The van der Waals surface area contributed by atoms with Crippen LogP contribution in [0.1, 0.15) is 27.0 Å². The van der Waals surface area contributed by atoms with E-state index in [2.05, 4.69) is 0 Å². The highest BCUT2D eigenvalue weighted by Gasteiger charge is 2.49. The molecule has 0 N–H and O–H groups in total. The number of ether oxygens (including phenoxy) is 5. The van der Waals surface area contributed by atoms with E-state index in [1.807, 2.05) is 109 Å². The largest absolute Gasteiger partial charge is 0.493 e. The number of methoxy groups -OCH3 is 2. The van der Waals surface area contributed by atoms with E-state index in [1.54, 1.807) is 26.4 Å². The van der Waals surface area contributed by atoms with Crippen molar-refractivity contribution in [3.8, 4) is 28.7 Å². The summed E-state index contributed by atoms with van der Waals surface area (Å²) >= 11 is 1.43. The summed E-state index contributed by atoms with van der Waals surface area (Å²) in [5, 5.41) is 0. The molecule has 0 saturated heterocycles. The predicted molar refractivity (Wildman–Crippen MR) is 171 cm³/mol. The first kappa shape index (κ1) is 29.2. The molecule has 0 bridgehead atoms. The minimum Gasteiger partial charge on any atom is -0.493 e. The summed E-state index contributed by atoms with van der Waals surface area (Å²) in [5.74, 6) is 2.37. The number of fused-ring (bicyclic) bond motifs is 1. The van der Waals surface area contributed by atoms with Gasteiger partial charge in [-0.15, -0.1) is 11.8 Å². The predicted octanol–water partition coefficient (Wildman–Crippen LogP) is 8.12. The van der Waals surface area contributed by atoms with Gasteiger partial charge in [0.1, 0.15) is 36.1 Å². The summed E-state index contributed by atoms with van der Waals surface area (Å²) in [7, 11) is 3.16. The third-order valence-corrected chi connectivity index (χ3v) is 8.82. The van der Waals surface area contributed by atoms with Crippen LogP contribution in [-0.2, 0) is 18.0 Å². The highest BCUT2D eigenvalue weighted by molar-refractivity contribution is 8.01. The molecule has 0 aromatic heterocycles. The van der Waals surface area contributed by atoms with Crippen LogP contribution in [0.15, 0.2) is 126 Å². The molecule has 6 nitrogen and oxygen atoms in total. The van der Waals surface area contributed by atoms with Gasteiger partial charge in [0.05, 0.1) is 19.8 Å². The van der Waals surface area contributed by atoms with E-state index in [-0.39, 0.29) is 12.4 Å². The monoisotopic (exact) mass is 604 g/mol. The Kier molecular flexibility index (Phi) is 8.75. The van der Waals surface area contributed by atoms with E-state index in [0.717, 1.165) is 16.0 Å². The first-order valence-electron chi connectivity index (χ1n) is 14.3. The number of Topliss-reactive ketones (excluding diaryl/α,β-unsaturated/α-hetero) is 1. The molecule has 0 fully saturated rings. The van der Waals surface area contributed by atoms with Crippen LogP contribution in [0.3, 0.4) is 0 Å². The number of hydrogen-bond acceptors (Lipinski definition) is 7. The standard InChI is InChI=1S/C37H32O6S/c1-39-32-21-20-31(34(40-2)35(32)42-24-27-14-8-4-9-15-27)37(44-29-16-10-5-11-17-29)25-43-33-22-28(18-19-30(33)36(37)38)41-23-26-12-6-3-7-13-26/h3-22H,23-25H2,1-2H3. The number of hydrogen-bond donors (Lipinski definition) is 0. The lowest BCUT2D eigenvalue weighted by molar-refractivity contribution is 0.0864. The van der Waals surface area contributed by atoms with Gasteiger partial charge in [-0.3, -0.25) is 4.79 Å². The number of rotatable bonds is 11. The molecule has 6 rings (SSSR count). The van der Waals surface area contributed by atoms with E-state index in [4.69, 9.17) is 23.7 Å². The summed E-state index contributed by atoms with van der Waals surface area (Å²) in [5.41, 5.74) is 3.15. The molecule has 5 aromatic rings. The second-order valence-electron chi connectivity index (χ2n) is 10.2. The Labute approximate surface area is 261 Å². The fourth-order valence-electron chi connectivity index (χ4n) is 5.22. The quantitative estimate of drug-likeness (QED) is 0.151. The molecule has 0 aliphatic carbocycles. The van der Waals surface area contributed by atoms with Gasteiger partial charge in [0.15, 0.2) is 17.3 Å². The van der Waals surface area contributed by atoms with Crippen molar-refractivity contribution >= 4 is 17.5 Å². The Bertz CT molecular complexity index is 1730. The van der Waals surface area contributed by atoms with Crippen molar-refractivity contribution < 1.29 is 28.5 Å². The Hall–Kier alpha value is -4.88. The van der Waals surface area contributed by atoms with Crippen LogP contribution in [0.5, 0.6) is 28.7 Å². The number of carbonyl (C=O) groups excluding carboxylic acids is 1. The topological polar surface area (TPSA) is 63.2 Å². The van der Waals surface area contributed by atoms with Crippen molar-refractivity contribution in [3.63, 3.8) is 0 Å². The highest BCUT2D eigenvalue weighted by atomic mass is 32.2. The van der Waals surface area contributed by atoms with Gasteiger partial charge in [0, 0.05) is 16.5 Å². The second-order valence-corrected chi connectivity index (χ2v) is 11.6. The average molecular weight is 605 g/mol. The summed E-state index contributed by atoms with van der Waals surface area (Å²) < 4.78 is 29.3. The SMILES string of the molecule is COc1ccc(C2(Sc3ccccc3)COc3cc(OCc4ccccc4)ccc3C2=O)c(OC)c1OCc1ccccc1. The van der Waals surface area contributed by atoms with Crippen molar-refractivity contribution in [2.75, 3.05) is 20.8 Å². The highest BCUT2D eigenvalue weighted by Crippen LogP contribution is 2.54. The minimum atomic E-state index is -1.18. The lowest BCUT2D eigenvalue weighted by atomic mass is 9.87. The molecule has 222 valence electrons. The summed E-state index contributed by atoms with van der Waals surface area (Å²) in [4.78, 5) is 15.6. The van der Waals surface area contributed by atoms with Crippen molar-refractivity contribution in [3.05, 3.63) is 144 Å². The van der Waals surface area contributed by atoms with E-state index in [1.165, 1.54) is 11.8 Å². The molecule has 1 atom stereocenters. The Morgan fingerprint density at radius 1 is 0.705 bits per heavy atom. The third kappa shape index (κ3) is 5.96. The normalized spacial score (nSPS) is 15.5. The van der Waals surface area contributed by atoms with E-state index < -0.39 is 4.75 Å². The Morgan fingerprint density at radius 3 is 1.98 bits per heavy atom. The fourth-order valence-corrected chi connectivity index (χ4v) is 6.50. The molecule has 7 heteroatoms. The van der Waals surface area contributed by atoms with Crippen LogP contribution < -0.4 is 23.7 Å². The van der Waals surface area contributed by atoms with Crippen molar-refractivity contribution in [1.29, 1.82) is 0 Å². The van der Waals surface area contributed by atoms with Gasteiger partial charge in [-0.1, -0.05) is 78.9 Å². The van der Waals surface area contributed by atoms with Gasteiger partial charge in [-0.2, -0.15) is 0 Å². The second kappa shape index (κ2) is 13.2. The molecule has 5 aromatic carbocycles. The smallest absolute Gasteiger partial charge is 0.204 e. The zero-order chi connectivity index (χ0) is 30.4. The molecule has 0 spiro atoms.